The van der Waals surface area contributed by atoms with Gasteiger partial charge in [0.2, 0.25) is 0 Å². The standard InChI is InChI=1S/C15H25NO3.ClH/c1-15(2,3)14(16)9-12(17)11-7-6-10(18-4)8-13(11)19-5;/h6-8,12,14,17H,9,16H2,1-5H3;1H/t12-,14-;/m1./s1. The molecule has 0 bridgehead atoms. The summed E-state index contributed by atoms with van der Waals surface area (Å²) in [5.74, 6) is 1.32. The lowest BCUT2D eigenvalue weighted by Gasteiger charge is -2.29. The Hall–Kier alpha value is -0.970. The third kappa shape index (κ3) is 4.85. The molecule has 0 saturated heterocycles. The molecule has 4 nitrogen and oxygen atoms in total. The van der Waals surface area contributed by atoms with Crippen LogP contribution in [0.5, 0.6) is 11.5 Å². The lowest BCUT2D eigenvalue weighted by molar-refractivity contribution is 0.130. The van der Waals surface area contributed by atoms with Crippen molar-refractivity contribution in [1.82, 2.24) is 0 Å². The Kier molecular flexibility index (Phi) is 7.34. The van der Waals surface area contributed by atoms with Gasteiger partial charge in [-0.2, -0.15) is 0 Å². The summed E-state index contributed by atoms with van der Waals surface area (Å²) in [5, 5.41) is 10.3. The van der Waals surface area contributed by atoms with E-state index < -0.39 is 6.10 Å². The molecule has 0 amide bonds. The van der Waals surface area contributed by atoms with Gasteiger partial charge in [-0.05, 0) is 24.0 Å². The van der Waals surface area contributed by atoms with Crippen LogP contribution in [0.1, 0.15) is 38.9 Å². The van der Waals surface area contributed by atoms with Gasteiger partial charge in [0, 0.05) is 17.7 Å². The maximum absolute atomic E-state index is 10.3. The Balaban J connectivity index is 0.00000361. The summed E-state index contributed by atoms with van der Waals surface area (Å²) in [6, 6.07) is 5.30. The normalized spacial score (nSPS) is 14.2. The number of aliphatic hydroxyl groups is 1. The average molecular weight is 304 g/mol. The zero-order chi connectivity index (χ0) is 14.6. The predicted octanol–water partition coefficient (Wildman–Crippen LogP) is 2.92. The van der Waals surface area contributed by atoms with Gasteiger partial charge >= 0.3 is 0 Å². The Morgan fingerprint density at radius 2 is 1.80 bits per heavy atom. The van der Waals surface area contributed by atoms with Crippen molar-refractivity contribution in [3.05, 3.63) is 23.8 Å². The lowest BCUT2D eigenvalue weighted by atomic mass is 9.83. The monoisotopic (exact) mass is 303 g/mol. The van der Waals surface area contributed by atoms with Crippen LogP contribution < -0.4 is 15.2 Å². The summed E-state index contributed by atoms with van der Waals surface area (Å²) in [6.45, 7) is 6.20. The molecule has 0 spiro atoms. The van der Waals surface area contributed by atoms with Gasteiger partial charge in [-0.15, -0.1) is 12.4 Å². The highest BCUT2D eigenvalue weighted by molar-refractivity contribution is 5.85. The molecule has 20 heavy (non-hydrogen) atoms. The maximum atomic E-state index is 10.3. The first-order valence-corrected chi connectivity index (χ1v) is 6.45. The van der Waals surface area contributed by atoms with Crippen LogP contribution in [-0.2, 0) is 0 Å². The second-order valence-electron chi connectivity index (χ2n) is 5.83. The zero-order valence-electron chi connectivity index (χ0n) is 12.8. The van der Waals surface area contributed by atoms with E-state index in [9.17, 15) is 5.11 Å². The molecule has 0 aliphatic heterocycles. The van der Waals surface area contributed by atoms with Crippen molar-refractivity contribution in [1.29, 1.82) is 0 Å². The van der Waals surface area contributed by atoms with Crippen molar-refractivity contribution in [2.24, 2.45) is 11.1 Å². The van der Waals surface area contributed by atoms with Crippen LogP contribution in [0, 0.1) is 5.41 Å². The number of ether oxygens (including phenoxy) is 2. The predicted molar refractivity (Wildman–Crippen MR) is 83.8 cm³/mol. The van der Waals surface area contributed by atoms with Gasteiger partial charge in [-0.1, -0.05) is 20.8 Å². The van der Waals surface area contributed by atoms with Crippen molar-refractivity contribution >= 4 is 12.4 Å². The van der Waals surface area contributed by atoms with Gasteiger partial charge in [-0.25, -0.2) is 0 Å². The molecule has 2 atom stereocenters. The Morgan fingerprint density at radius 3 is 2.25 bits per heavy atom. The van der Waals surface area contributed by atoms with Gasteiger partial charge in [0.15, 0.2) is 0 Å². The topological polar surface area (TPSA) is 64.7 Å². The van der Waals surface area contributed by atoms with E-state index in [0.29, 0.717) is 17.9 Å². The molecular weight excluding hydrogens is 278 g/mol. The third-order valence-corrected chi connectivity index (χ3v) is 3.39. The fourth-order valence-corrected chi connectivity index (χ4v) is 1.81. The Morgan fingerprint density at radius 1 is 1.20 bits per heavy atom. The van der Waals surface area contributed by atoms with Gasteiger partial charge < -0.3 is 20.3 Å². The summed E-state index contributed by atoms with van der Waals surface area (Å²) in [5.41, 5.74) is 6.81. The first-order chi connectivity index (χ1) is 8.79. The molecule has 0 aliphatic carbocycles. The second kappa shape index (κ2) is 7.72. The van der Waals surface area contributed by atoms with E-state index >= 15 is 0 Å². The molecule has 0 aromatic heterocycles. The van der Waals surface area contributed by atoms with Crippen LogP contribution in [0.4, 0.5) is 0 Å². The largest absolute Gasteiger partial charge is 0.497 e. The number of aliphatic hydroxyl groups excluding tert-OH is 1. The maximum Gasteiger partial charge on any atom is 0.128 e. The molecule has 116 valence electrons. The van der Waals surface area contributed by atoms with Crippen LogP contribution in [0.25, 0.3) is 0 Å². The summed E-state index contributed by atoms with van der Waals surface area (Å²) in [4.78, 5) is 0. The molecule has 0 aliphatic rings. The van der Waals surface area contributed by atoms with Crippen LogP contribution >= 0.6 is 12.4 Å². The number of nitrogens with two attached hydrogens (primary N) is 1. The highest BCUT2D eigenvalue weighted by Crippen LogP contribution is 2.33. The van der Waals surface area contributed by atoms with Crippen molar-refractivity contribution < 1.29 is 14.6 Å². The first kappa shape index (κ1) is 19.0. The smallest absolute Gasteiger partial charge is 0.128 e. The van der Waals surface area contributed by atoms with Gasteiger partial charge in [0.25, 0.3) is 0 Å². The SMILES string of the molecule is COc1ccc([C@H](O)C[C@@H](N)C(C)(C)C)c(OC)c1.Cl. The molecule has 1 aromatic carbocycles. The summed E-state index contributed by atoms with van der Waals surface area (Å²) in [7, 11) is 3.18. The van der Waals surface area contributed by atoms with Crippen LogP contribution in [0.2, 0.25) is 0 Å². The van der Waals surface area contributed by atoms with Crippen LogP contribution in [0.15, 0.2) is 18.2 Å². The zero-order valence-corrected chi connectivity index (χ0v) is 13.7. The van der Waals surface area contributed by atoms with Crippen molar-refractivity contribution in [3.63, 3.8) is 0 Å². The lowest BCUT2D eigenvalue weighted by Crippen LogP contribution is -2.36. The van der Waals surface area contributed by atoms with E-state index in [1.807, 2.05) is 12.1 Å². The minimum absolute atomic E-state index is 0. The quantitative estimate of drug-likeness (QED) is 0.878. The first-order valence-electron chi connectivity index (χ1n) is 6.45. The number of halogens is 1. The highest BCUT2D eigenvalue weighted by Gasteiger charge is 2.25. The summed E-state index contributed by atoms with van der Waals surface area (Å²) in [6.07, 6.45) is -0.151. The number of methoxy groups -OCH3 is 2. The molecule has 0 heterocycles. The number of hydrogen-bond donors (Lipinski definition) is 2. The second-order valence-corrected chi connectivity index (χ2v) is 5.83. The molecule has 0 unspecified atom stereocenters. The molecule has 0 fully saturated rings. The van der Waals surface area contributed by atoms with Gasteiger partial charge in [0.05, 0.1) is 20.3 Å². The van der Waals surface area contributed by atoms with Crippen LogP contribution in [0.3, 0.4) is 0 Å². The van der Waals surface area contributed by atoms with Crippen molar-refractivity contribution in [2.45, 2.75) is 39.3 Å². The molecule has 0 radical (unpaired) electrons. The molecule has 1 aromatic rings. The van der Waals surface area contributed by atoms with E-state index in [-0.39, 0.29) is 23.9 Å². The molecule has 0 saturated carbocycles. The number of benzene rings is 1. The van der Waals surface area contributed by atoms with E-state index in [0.717, 1.165) is 5.56 Å². The minimum atomic E-state index is -0.643. The van der Waals surface area contributed by atoms with Gasteiger partial charge in [-0.3, -0.25) is 0 Å². The van der Waals surface area contributed by atoms with Crippen molar-refractivity contribution in [3.8, 4) is 11.5 Å². The van der Waals surface area contributed by atoms with Gasteiger partial charge in [0.1, 0.15) is 11.5 Å². The fraction of sp³-hybridized carbons (Fsp3) is 0.600. The average Bonchev–Trinajstić information content (AvgIpc) is 2.36. The van der Waals surface area contributed by atoms with Crippen molar-refractivity contribution in [2.75, 3.05) is 14.2 Å². The van der Waals surface area contributed by atoms with E-state index in [4.69, 9.17) is 15.2 Å². The summed E-state index contributed by atoms with van der Waals surface area (Å²) >= 11 is 0. The fourth-order valence-electron chi connectivity index (χ4n) is 1.81. The van der Waals surface area contributed by atoms with Crippen LogP contribution in [-0.4, -0.2) is 25.4 Å². The van der Waals surface area contributed by atoms with E-state index in [1.54, 1.807) is 20.3 Å². The molecule has 1 rings (SSSR count). The number of hydrogen-bond acceptors (Lipinski definition) is 4. The minimum Gasteiger partial charge on any atom is -0.497 e. The summed E-state index contributed by atoms with van der Waals surface area (Å²) < 4.78 is 10.4. The molecular formula is C15H26ClNO3. The highest BCUT2D eigenvalue weighted by atomic mass is 35.5. The van der Waals surface area contributed by atoms with E-state index in [1.165, 1.54) is 0 Å². The Labute approximate surface area is 127 Å². The Bertz CT molecular complexity index is 418. The van der Waals surface area contributed by atoms with E-state index in [2.05, 4.69) is 20.8 Å². The molecule has 5 heteroatoms. The third-order valence-electron chi connectivity index (χ3n) is 3.39. The molecule has 3 N–H and O–H groups in total. The number of rotatable bonds is 5.